The van der Waals surface area contributed by atoms with Crippen molar-refractivity contribution in [3.05, 3.63) is 54.1 Å². The van der Waals surface area contributed by atoms with Crippen LogP contribution in [-0.2, 0) is 9.59 Å². The average Bonchev–Trinajstić information content (AvgIpc) is 2.79. The quantitative estimate of drug-likeness (QED) is 0.764. The van der Waals surface area contributed by atoms with E-state index in [1.165, 1.54) is 0 Å². The Labute approximate surface area is 176 Å². The molecule has 1 fully saturated rings. The molecule has 1 heterocycles. The van der Waals surface area contributed by atoms with Crippen molar-refractivity contribution in [3.63, 3.8) is 0 Å². The van der Waals surface area contributed by atoms with E-state index < -0.39 is 0 Å². The van der Waals surface area contributed by atoms with Crippen molar-refractivity contribution < 1.29 is 19.1 Å². The number of hydrogen-bond donors (Lipinski definition) is 2. The van der Waals surface area contributed by atoms with Gasteiger partial charge in [0.05, 0.1) is 18.7 Å². The largest absolute Gasteiger partial charge is 0.495 e. The second-order valence-electron chi connectivity index (χ2n) is 7.25. The highest BCUT2D eigenvalue weighted by Crippen LogP contribution is 2.24. The molecule has 1 saturated heterocycles. The topological polar surface area (TPSA) is 87.7 Å². The van der Waals surface area contributed by atoms with E-state index in [2.05, 4.69) is 10.6 Å². The summed E-state index contributed by atoms with van der Waals surface area (Å²) in [5.41, 5.74) is 1.68. The monoisotopic (exact) mass is 409 g/mol. The molecule has 1 unspecified atom stereocenters. The number of ether oxygens (including phenoxy) is 1. The van der Waals surface area contributed by atoms with Gasteiger partial charge < -0.3 is 20.3 Å². The van der Waals surface area contributed by atoms with E-state index in [0.717, 1.165) is 12.8 Å². The van der Waals surface area contributed by atoms with Gasteiger partial charge in [0.25, 0.3) is 5.91 Å². The van der Waals surface area contributed by atoms with Gasteiger partial charge in [-0.2, -0.15) is 0 Å². The van der Waals surface area contributed by atoms with Gasteiger partial charge in [-0.25, -0.2) is 0 Å². The Hall–Kier alpha value is -3.35. The van der Waals surface area contributed by atoms with Crippen LogP contribution in [0.1, 0.15) is 36.5 Å². The van der Waals surface area contributed by atoms with Gasteiger partial charge >= 0.3 is 0 Å². The summed E-state index contributed by atoms with van der Waals surface area (Å²) in [6.45, 7) is 3.00. The number of carbonyl (C=O) groups excluding carboxylic acids is 3. The number of rotatable bonds is 6. The Morgan fingerprint density at radius 3 is 2.50 bits per heavy atom. The molecular formula is C23H27N3O4. The molecule has 3 amide bonds. The summed E-state index contributed by atoms with van der Waals surface area (Å²) in [4.78, 5) is 38.8. The van der Waals surface area contributed by atoms with E-state index in [1.807, 2.05) is 19.1 Å². The van der Waals surface area contributed by atoms with Crippen LogP contribution < -0.4 is 15.4 Å². The summed E-state index contributed by atoms with van der Waals surface area (Å²) in [6, 6.07) is 13.9. The number of benzene rings is 2. The standard InChI is InChI=1S/C23H27N3O4/c1-3-21(27)26-14-6-7-17(15-26)23(29)24-18-12-10-16(11-13-18)22(28)25-19-8-4-5-9-20(19)30-2/h4-5,8-13,17H,3,6-7,14-15H2,1-2H3,(H,24,29)(H,25,28). The second kappa shape index (κ2) is 9.91. The average molecular weight is 409 g/mol. The van der Waals surface area contributed by atoms with Crippen molar-refractivity contribution in [1.82, 2.24) is 4.90 Å². The van der Waals surface area contributed by atoms with Crippen molar-refractivity contribution in [2.75, 3.05) is 30.8 Å². The molecule has 3 rings (SSSR count). The minimum Gasteiger partial charge on any atom is -0.495 e. The van der Waals surface area contributed by atoms with E-state index in [9.17, 15) is 14.4 Å². The van der Waals surface area contributed by atoms with Crippen LogP contribution in [0.4, 0.5) is 11.4 Å². The fourth-order valence-corrected chi connectivity index (χ4v) is 3.53. The summed E-state index contributed by atoms with van der Waals surface area (Å²) < 4.78 is 5.25. The minimum atomic E-state index is -0.265. The number of hydrogen-bond acceptors (Lipinski definition) is 4. The molecule has 0 radical (unpaired) electrons. The molecule has 0 aromatic heterocycles. The van der Waals surface area contributed by atoms with Crippen molar-refractivity contribution >= 4 is 29.1 Å². The number of amides is 3. The molecule has 0 spiro atoms. The maximum Gasteiger partial charge on any atom is 0.255 e. The van der Waals surface area contributed by atoms with Gasteiger partial charge in [0, 0.05) is 30.8 Å². The first-order valence-electron chi connectivity index (χ1n) is 10.1. The van der Waals surface area contributed by atoms with E-state index >= 15 is 0 Å². The number of para-hydroxylation sites is 2. The maximum atomic E-state index is 12.6. The fraction of sp³-hybridized carbons (Fsp3) is 0.348. The van der Waals surface area contributed by atoms with Crippen LogP contribution in [0.2, 0.25) is 0 Å². The molecule has 30 heavy (non-hydrogen) atoms. The van der Waals surface area contributed by atoms with Gasteiger partial charge in [0.1, 0.15) is 5.75 Å². The van der Waals surface area contributed by atoms with Gasteiger partial charge in [0.2, 0.25) is 11.8 Å². The predicted octanol–water partition coefficient (Wildman–Crippen LogP) is 3.53. The van der Waals surface area contributed by atoms with Crippen molar-refractivity contribution in [2.24, 2.45) is 5.92 Å². The summed E-state index contributed by atoms with van der Waals surface area (Å²) >= 11 is 0. The Kier molecular flexibility index (Phi) is 7.06. The molecule has 2 aromatic rings. The molecule has 2 aromatic carbocycles. The van der Waals surface area contributed by atoms with Gasteiger partial charge in [-0.05, 0) is 49.2 Å². The zero-order valence-corrected chi connectivity index (χ0v) is 17.3. The number of anilines is 2. The molecule has 2 N–H and O–H groups in total. The zero-order chi connectivity index (χ0) is 21.5. The van der Waals surface area contributed by atoms with Gasteiger partial charge in [-0.1, -0.05) is 19.1 Å². The number of nitrogens with zero attached hydrogens (tertiary/aromatic N) is 1. The summed E-state index contributed by atoms with van der Waals surface area (Å²) in [5, 5.41) is 5.72. The molecule has 0 bridgehead atoms. The smallest absolute Gasteiger partial charge is 0.255 e. The highest BCUT2D eigenvalue weighted by Gasteiger charge is 2.27. The first kappa shape index (κ1) is 21.4. The van der Waals surface area contributed by atoms with Gasteiger partial charge in [-0.3, -0.25) is 14.4 Å². The normalized spacial score (nSPS) is 15.9. The highest BCUT2D eigenvalue weighted by atomic mass is 16.5. The molecule has 0 aliphatic carbocycles. The molecule has 1 atom stereocenters. The van der Waals surface area contributed by atoms with E-state index in [-0.39, 0.29) is 23.6 Å². The molecule has 158 valence electrons. The van der Waals surface area contributed by atoms with Crippen LogP contribution in [0.5, 0.6) is 5.75 Å². The van der Waals surface area contributed by atoms with Crippen LogP contribution in [-0.4, -0.2) is 42.8 Å². The number of methoxy groups -OCH3 is 1. The lowest BCUT2D eigenvalue weighted by Gasteiger charge is -2.31. The summed E-state index contributed by atoms with van der Waals surface area (Å²) in [5.74, 6) is 0.0756. The van der Waals surface area contributed by atoms with Gasteiger partial charge in [0.15, 0.2) is 0 Å². The first-order chi connectivity index (χ1) is 14.5. The minimum absolute atomic E-state index is 0.0814. The van der Waals surface area contributed by atoms with Crippen LogP contribution in [0.15, 0.2) is 48.5 Å². The SMILES string of the molecule is CCC(=O)N1CCCC(C(=O)Nc2ccc(C(=O)Nc3ccccc3OC)cc2)C1. The van der Waals surface area contributed by atoms with Crippen LogP contribution in [0, 0.1) is 5.92 Å². The third-order valence-corrected chi connectivity index (χ3v) is 5.22. The van der Waals surface area contributed by atoms with Crippen LogP contribution >= 0.6 is 0 Å². The highest BCUT2D eigenvalue weighted by molar-refractivity contribution is 6.05. The second-order valence-corrected chi connectivity index (χ2v) is 7.25. The molecule has 1 aliphatic rings. The number of likely N-dealkylation sites (tertiary alicyclic amines) is 1. The third kappa shape index (κ3) is 5.17. The van der Waals surface area contributed by atoms with E-state index in [4.69, 9.17) is 4.74 Å². The summed E-state index contributed by atoms with van der Waals surface area (Å²) in [6.07, 6.45) is 2.04. The Balaban J connectivity index is 1.59. The molecular weight excluding hydrogens is 382 g/mol. The lowest BCUT2D eigenvalue weighted by atomic mass is 9.96. The molecule has 1 aliphatic heterocycles. The van der Waals surface area contributed by atoms with Crippen molar-refractivity contribution in [3.8, 4) is 5.75 Å². The Morgan fingerprint density at radius 1 is 1.07 bits per heavy atom. The van der Waals surface area contributed by atoms with Gasteiger partial charge in [-0.15, -0.1) is 0 Å². The van der Waals surface area contributed by atoms with Crippen molar-refractivity contribution in [2.45, 2.75) is 26.2 Å². The number of piperidine rings is 1. The Bertz CT molecular complexity index is 911. The fourth-order valence-electron chi connectivity index (χ4n) is 3.53. The van der Waals surface area contributed by atoms with E-state index in [0.29, 0.717) is 42.2 Å². The molecule has 0 saturated carbocycles. The predicted molar refractivity (Wildman–Crippen MR) is 116 cm³/mol. The Morgan fingerprint density at radius 2 is 1.80 bits per heavy atom. The lowest BCUT2D eigenvalue weighted by Crippen LogP contribution is -2.43. The summed E-state index contributed by atoms with van der Waals surface area (Å²) in [7, 11) is 1.55. The van der Waals surface area contributed by atoms with Crippen LogP contribution in [0.25, 0.3) is 0 Å². The van der Waals surface area contributed by atoms with Crippen LogP contribution in [0.3, 0.4) is 0 Å². The lowest BCUT2D eigenvalue weighted by molar-refractivity contribution is -0.134. The van der Waals surface area contributed by atoms with E-state index in [1.54, 1.807) is 48.4 Å². The molecule has 7 heteroatoms. The zero-order valence-electron chi connectivity index (χ0n) is 17.3. The number of carbonyl (C=O) groups is 3. The maximum absolute atomic E-state index is 12.6. The third-order valence-electron chi connectivity index (χ3n) is 5.22. The number of nitrogens with one attached hydrogen (secondary N) is 2. The first-order valence-corrected chi connectivity index (χ1v) is 10.1. The van der Waals surface area contributed by atoms with Crippen molar-refractivity contribution in [1.29, 1.82) is 0 Å². The molecule has 7 nitrogen and oxygen atoms in total.